The van der Waals surface area contributed by atoms with Gasteiger partial charge in [-0.1, -0.05) is 6.07 Å². The lowest BCUT2D eigenvalue weighted by atomic mass is 9.96. The largest absolute Gasteiger partial charge is 0.493 e. The topological polar surface area (TPSA) is 106 Å². The van der Waals surface area contributed by atoms with E-state index in [4.69, 9.17) is 10.5 Å². The predicted octanol–water partition coefficient (Wildman–Crippen LogP) is 2.49. The van der Waals surface area contributed by atoms with Gasteiger partial charge in [-0.15, -0.1) is 0 Å². The van der Waals surface area contributed by atoms with E-state index in [-0.39, 0.29) is 11.9 Å². The molecule has 1 aliphatic rings. The number of fused-ring (bicyclic) bond motifs is 2. The Morgan fingerprint density at radius 1 is 1.48 bits per heavy atom. The van der Waals surface area contributed by atoms with Gasteiger partial charge >= 0.3 is 0 Å². The van der Waals surface area contributed by atoms with Crippen molar-refractivity contribution in [2.24, 2.45) is 5.73 Å². The third-order valence-corrected chi connectivity index (χ3v) is 5.12. The normalized spacial score (nSPS) is 16.3. The first-order valence-electron chi connectivity index (χ1n) is 7.91. The average Bonchev–Trinajstić information content (AvgIpc) is 3.09. The van der Waals surface area contributed by atoms with Crippen molar-refractivity contribution < 1.29 is 9.53 Å². The van der Waals surface area contributed by atoms with Crippen molar-refractivity contribution >= 4 is 28.9 Å². The Labute approximate surface area is 148 Å². The Kier molecular flexibility index (Phi) is 4.06. The van der Waals surface area contributed by atoms with Gasteiger partial charge in [0.15, 0.2) is 5.65 Å². The molecule has 0 aliphatic carbocycles. The van der Waals surface area contributed by atoms with Crippen LogP contribution in [0.15, 0.2) is 35.5 Å². The average molecular weight is 355 g/mol. The molecule has 0 spiro atoms. The quantitative estimate of drug-likeness (QED) is 0.623. The van der Waals surface area contributed by atoms with Gasteiger partial charge in [-0.3, -0.25) is 14.6 Å². The van der Waals surface area contributed by atoms with E-state index in [9.17, 15) is 4.79 Å². The zero-order valence-electron chi connectivity index (χ0n) is 13.6. The lowest BCUT2D eigenvalue weighted by Crippen LogP contribution is -2.23. The third-order valence-electron chi connectivity index (χ3n) is 4.26. The summed E-state index contributed by atoms with van der Waals surface area (Å²) in [6.07, 6.45) is 4.15. The molecule has 1 aliphatic heterocycles. The van der Waals surface area contributed by atoms with Gasteiger partial charge in [-0.2, -0.15) is 5.10 Å². The Morgan fingerprint density at radius 2 is 2.36 bits per heavy atom. The van der Waals surface area contributed by atoms with Gasteiger partial charge in [0.2, 0.25) is 0 Å². The number of aromatic nitrogens is 3. The molecule has 7 nitrogen and oxygen atoms in total. The molecule has 0 radical (unpaired) electrons. The molecule has 0 saturated carbocycles. The summed E-state index contributed by atoms with van der Waals surface area (Å²) in [5, 5.41) is 7.65. The van der Waals surface area contributed by atoms with Gasteiger partial charge in [0.1, 0.15) is 5.75 Å². The highest BCUT2D eigenvalue weighted by atomic mass is 32.2. The highest BCUT2D eigenvalue weighted by Crippen LogP contribution is 2.33. The maximum Gasteiger partial charge on any atom is 0.261 e. The molecule has 3 aromatic rings. The van der Waals surface area contributed by atoms with E-state index < -0.39 is 0 Å². The summed E-state index contributed by atoms with van der Waals surface area (Å²) in [5.41, 5.74) is 9.22. The summed E-state index contributed by atoms with van der Waals surface area (Å²) in [6.45, 7) is 2.48. The Bertz CT molecular complexity index is 955. The van der Waals surface area contributed by atoms with E-state index in [1.54, 1.807) is 18.5 Å². The number of amides is 1. The number of nitrogens with zero attached hydrogens (tertiary/aromatic N) is 2. The minimum atomic E-state index is -0.179. The number of nitrogens with two attached hydrogens (primary N) is 1. The van der Waals surface area contributed by atoms with Gasteiger partial charge in [0, 0.05) is 34.7 Å². The zero-order valence-corrected chi connectivity index (χ0v) is 14.4. The van der Waals surface area contributed by atoms with Gasteiger partial charge in [-0.05, 0) is 36.6 Å². The minimum absolute atomic E-state index is 0.0415. The number of benzene rings is 1. The van der Waals surface area contributed by atoms with Crippen LogP contribution in [0, 0.1) is 6.92 Å². The maximum atomic E-state index is 12.6. The minimum Gasteiger partial charge on any atom is -0.493 e. The van der Waals surface area contributed by atoms with Crippen LogP contribution in [0.5, 0.6) is 5.75 Å². The van der Waals surface area contributed by atoms with Crippen LogP contribution in [0.25, 0.3) is 11.0 Å². The SMILES string of the molecule is Cc1cc2c(cc1C(=O)NSc1ccnc3[nH]ncc13)OCC[C@H]2N. The van der Waals surface area contributed by atoms with Crippen LogP contribution in [0.3, 0.4) is 0 Å². The van der Waals surface area contributed by atoms with E-state index in [0.29, 0.717) is 23.6 Å². The van der Waals surface area contributed by atoms with Crippen LogP contribution in [0.2, 0.25) is 0 Å². The molecule has 1 amide bonds. The number of hydrogen-bond donors (Lipinski definition) is 3. The lowest BCUT2D eigenvalue weighted by molar-refractivity contribution is 0.0983. The van der Waals surface area contributed by atoms with Crippen molar-refractivity contribution in [3.8, 4) is 5.75 Å². The van der Waals surface area contributed by atoms with Gasteiger partial charge in [0.25, 0.3) is 5.91 Å². The monoisotopic (exact) mass is 355 g/mol. The molecule has 4 N–H and O–H groups in total. The number of carbonyl (C=O) groups excluding carboxylic acids is 1. The molecular formula is C17H17N5O2S. The molecule has 25 heavy (non-hydrogen) atoms. The second-order valence-electron chi connectivity index (χ2n) is 5.92. The molecule has 0 saturated heterocycles. The number of pyridine rings is 1. The van der Waals surface area contributed by atoms with E-state index in [1.165, 1.54) is 11.9 Å². The number of hydrogen-bond acceptors (Lipinski definition) is 6. The summed E-state index contributed by atoms with van der Waals surface area (Å²) in [5.74, 6) is 0.516. The van der Waals surface area contributed by atoms with Crippen molar-refractivity contribution in [2.45, 2.75) is 24.3 Å². The fourth-order valence-electron chi connectivity index (χ4n) is 2.89. The van der Waals surface area contributed by atoms with E-state index >= 15 is 0 Å². The first-order chi connectivity index (χ1) is 12.1. The number of H-pyrrole nitrogens is 1. The first-order valence-corrected chi connectivity index (χ1v) is 8.73. The van der Waals surface area contributed by atoms with E-state index in [2.05, 4.69) is 19.9 Å². The Balaban J connectivity index is 1.56. The van der Waals surface area contributed by atoms with Crippen LogP contribution in [-0.4, -0.2) is 27.7 Å². The molecular weight excluding hydrogens is 338 g/mol. The van der Waals surface area contributed by atoms with Crippen molar-refractivity contribution in [2.75, 3.05) is 6.61 Å². The summed E-state index contributed by atoms with van der Waals surface area (Å²) >= 11 is 1.24. The molecule has 4 rings (SSSR count). The van der Waals surface area contributed by atoms with Crippen LogP contribution in [0.4, 0.5) is 0 Å². The Morgan fingerprint density at radius 3 is 3.24 bits per heavy atom. The van der Waals surface area contributed by atoms with Gasteiger partial charge < -0.3 is 10.5 Å². The van der Waals surface area contributed by atoms with Crippen molar-refractivity contribution in [1.29, 1.82) is 0 Å². The van der Waals surface area contributed by atoms with E-state index in [0.717, 1.165) is 27.8 Å². The summed E-state index contributed by atoms with van der Waals surface area (Å²) < 4.78 is 8.54. The van der Waals surface area contributed by atoms with Gasteiger partial charge in [-0.25, -0.2) is 4.98 Å². The highest BCUT2D eigenvalue weighted by Gasteiger charge is 2.22. The van der Waals surface area contributed by atoms with Gasteiger partial charge in [0.05, 0.1) is 18.2 Å². The lowest BCUT2D eigenvalue weighted by Gasteiger charge is -2.24. The summed E-state index contributed by atoms with van der Waals surface area (Å²) in [7, 11) is 0. The van der Waals surface area contributed by atoms with Crippen LogP contribution in [0.1, 0.15) is 33.9 Å². The van der Waals surface area contributed by atoms with Crippen LogP contribution < -0.4 is 15.2 Å². The molecule has 3 heterocycles. The Hall–Kier alpha value is -2.58. The number of carbonyl (C=O) groups is 1. The third kappa shape index (κ3) is 2.94. The highest BCUT2D eigenvalue weighted by molar-refractivity contribution is 7.98. The van der Waals surface area contributed by atoms with Crippen LogP contribution >= 0.6 is 11.9 Å². The standard InChI is InChI=1S/C17H17N5O2S/c1-9-6-11-13(18)3-5-24-14(11)7-10(9)17(23)22-25-15-2-4-19-16-12(15)8-20-21-16/h2,4,6-8,13H,3,5,18H2,1H3,(H,22,23)(H,19,20,21)/t13-/m1/s1. The molecule has 2 aromatic heterocycles. The fraction of sp³-hybridized carbons (Fsp3) is 0.235. The number of aryl methyl sites for hydroxylation is 1. The number of aromatic amines is 1. The molecule has 0 unspecified atom stereocenters. The van der Waals surface area contributed by atoms with E-state index in [1.807, 2.05) is 19.1 Å². The number of rotatable bonds is 3. The second kappa shape index (κ2) is 6.38. The molecule has 128 valence electrons. The first kappa shape index (κ1) is 15.9. The number of nitrogens with one attached hydrogen (secondary N) is 2. The maximum absolute atomic E-state index is 12.6. The molecule has 8 heteroatoms. The zero-order chi connectivity index (χ0) is 17.4. The van der Waals surface area contributed by atoms with Crippen LogP contribution in [-0.2, 0) is 0 Å². The van der Waals surface area contributed by atoms with Crippen molar-refractivity contribution in [1.82, 2.24) is 19.9 Å². The predicted molar refractivity (Wildman–Crippen MR) is 95.4 cm³/mol. The molecule has 1 aromatic carbocycles. The second-order valence-corrected chi connectivity index (χ2v) is 6.77. The summed E-state index contributed by atoms with van der Waals surface area (Å²) in [6, 6.07) is 5.52. The summed E-state index contributed by atoms with van der Waals surface area (Å²) in [4.78, 5) is 17.7. The van der Waals surface area contributed by atoms with Crippen molar-refractivity contribution in [3.05, 3.63) is 47.3 Å². The molecule has 0 bridgehead atoms. The molecule has 0 fully saturated rings. The number of ether oxygens (including phenoxy) is 1. The molecule has 1 atom stereocenters. The smallest absolute Gasteiger partial charge is 0.261 e. The van der Waals surface area contributed by atoms with Crippen molar-refractivity contribution in [3.63, 3.8) is 0 Å². The fourth-order valence-corrected chi connectivity index (χ4v) is 3.59.